The molecule has 0 spiro atoms. The maximum absolute atomic E-state index is 12.0. The van der Waals surface area contributed by atoms with E-state index >= 15 is 0 Å². The fraction of sp³-hybridized carbons (Fsp3) is 0.650. The quantitative estimate of drug-likeness (QED) is 0.788. The minimum atomic E-state index is -0.620. The first-order valence-electron chi connectivity index (χ1n) is 8.81. The summed E-state index contributed by atoms with van der Waals surface area (Å²) < 4.78 is 5.48. The fourth-order valence-corrected chi connectivity index (χ4v) is 5.48. The van der Waals surface area contributed by atoms with Crippen LogP contribution in [0.4, 0.5) is 0 Å². The van der Waals surface area contributed by atoms with Crippen molar-refractivity contribution in [2.45, 2.75) is 58.8 Å². The van der Waals surface area contributed by atoms with Crippen molar-refractivity contribution in [1.82, 2.24) is 0 Å². The number of hydrogen-bond acceptors (Lipinski definition) is 2. The van der Waals surface area contributed by atoms with Gasteiger partial charge in [0.2, 0.25) is 0 Å². The topological polar surface area (TPSA) is 50.4 Å². The second-order valence-electron chi connectivity index (χ2n) is 8.00. The summed E-state index contributed by atoms with van der Waals surface area (Å²) in [7, 11) is 0. The van der Waals surface area contributed by atoms with Crippen LogP contribution in [0.15, 0.2) is 35.0 Å². The predicted octanol–water partition coefficient (Wildman–Crippen LogP) is 5.08. The van der Waals surface area contributed by atoms with Crippen LogP contribution in [0.2, 0.25) is 0 Å². The maximum atomic E-state index is 12.0. The van der Waals surface area contributed by atoms with Crippen LogP contribution in [0.3, 0.4) is 0 Å². The van der Waals surface area contributed by atoms with Crippen LogP contribution >= 0.6 is 0 Å². The van der Waals surface area contributed by atoms with Gasteiger partial charge >= 0.3 is 5.97 Å². The van der Waals surface area contributed by atoms with Gasteiger partial charge in [-0.25, -0.2) is 0 Å². The molecule has 1 aromatic rings. The zero-order valence-corrected chi connectivity index (χ0v) is 14.3. The molecule has 2 aliphatic carbocycles. The lowest BCUT2D eigenvalue weighted by Crippen LogP contribution is -2.53. The Kier molecular flexibility index (Phi) is 4.16. The van der Waals surface area contributed by atoms with E-state index in [-0.39, 0.29) is 11.3 Å². The lowest BCUT2D eigenvalue weighted by molar-refractivity contribution is -0.164. The number of fused-ring (bicyclic) bond motifs is 1. The molecular weight excluding hydrogens is 288 g/mol. The molecule has 1 N–H and O–H groups in total. The molecule has 0 aromatic carbocycles. The van der Waals surface area contributed by atoms with E-state index in [1.165, 1.54) is 5.57 Å². The lowest BCUT2D eigenvalue weighted by atomic mass is 9.46. The van der Waals surface area contributed by atoms with Crippen LogP contribution in [-0.2, 0) is 11.2 Å². The van der Waals surface area contributed by atoms with Gasteiger partial charge in [0.15, 0.2) is 0 Å². The van der Waals surface area contributed by atoms with E-state index < -0.39 is 11.4 Å². The summed E-state index contributed by atoms with van der Waals surface area (Å²) in [4.78, 5) is 12.0. The highest BCUT2D eigenvalue weighted by Gasteiger charge is 2.57. The van der Waals surface area contributed by atoms with E-state index in [1.807, 2.05) is 19.1 Å². The number of rotatable bonds is 4. The Morgan fingerprint density at radius 3 is 2.87 bits per heavy atom. The van der Waals surface area contributed by atoms with Crippen molar-refractivity contribution < 1.29 is 14.3 Å². The molecule has 3 rings (SSSR count). The number of allylic oxidation sites excluding steroid dienone is 1. The number of hydrogen-bond donors (Lipinski definition) is 1. The minimum absolute atomic E-state index is 0.0489. The Hall–Kier alpha value is -1.51. The molecule has 2 saturated carbocycles. The molecule has 0 radical (unpaired) electrons. The number of aliphatic carboxylic acids is 1. The van der Waals surface area contributed by atoms with E-state index in [4.69, 9.17) is 4.42 Å². The van der Waals surface area contributed by atoms with Gasteiger partial charge in [0.05, 0.1) is 11.7 Å². The third-order valence-corrected chi connectivity index (χ3v) is 6.77. The molecular formula is C20H28O3. The molecule has 2 aliphatic rings. The fourth-order valence-electron chi connectivity index (χ4n) is 5.48. The van der Waals surface area contributed by atoms with E-state index in [2.05, 4.69) is 13.5 Å². The van der Waals surface area contributed by atoms with Gasteiger partial charge in [0.25, 0.3) is 0 Å². The van der Waals surface area contributed by atoms with Crippen molar-refractivity contribution in [1.29, 1.82) is 0 Å². The summed E-state index contributed by atoms with van der Waals surface area (Å²) in [5.74, 6) is 1.03. The van der Waals surface area contributed by atoms with Gasteiger partial charge in [-0.1, -0.05) is 25.5 Å². The number of carboxylic acids is 1. The highest BCUT2D eigenvalue weighted by molar-refractivity contribution is 5.75. The highest BCUT2D eigenvalue weighted by Crippen LogP contribution is 2.61. The summed E-state index contributed by atoms with van der Waals surface area (Å²) >= 11 is 0. The first kappa shape index (κ1) is 16.4. The third kappa shape index (κ3) is 2.64. The standard InChI is InChI=1S/C20H28O3/c1-14-7-10-17-19(2,11-5-12-20(17,3)18(21)22)16(14)9-8-15-6-4-13-23-15/h4,6,13,16-17H,1,5,7-12H2,2-3H3,(H,21,22)/t16-,17+,19+,20-/m0/s1. The normalized spacial score (nSPS) is 37.4. The zero-order chi connectivity index (χ0) is 16.7. The molecule has 0 saturated heterocycles. The smallest absolute Gasteiger partial charge is 0.309 e. The van der Waals surface area contributed by atoms with E-state index in [0.717, 1.165) is 50.7 Å². The summed E-state index contributed by atoms with van der Waals surface area (Å²) in [5.41, 5.74) is 0.772. The molecule has 4 atom stereocenters. The van der Waals surface area contributed by atoms with Crippen molar-refractivity contribution in [2.75, 3.05) is 0 Å². The van der Waals surface area contributed by atoms with Crippen molar-refractivity contribution in [2.24, 2.45) is 22.7 Å². The molecule has 0 amide bonds. The van der Waals surface area contributed by atoms with Gasteiger partial charge in [0.1, 0.15) is 5.76 Å². The zero-order valence-electron chi connectivity index (χ0n) is 14.3. The van der Waals surface area contributed by atoms with Crippen LogP contribution in [0.25, 0.3) is 0 Å². The Labute approximate surface area is 138 Å². The van der Waals surface area contributed by atoms with Crippen LogP contribution in [0, 0.1) is 22.7 Å². The van der Waals surface area contributed by atoms with Gasteiger partial charge in [-0.3, -0.25) is 4.79 Å². The van der Waals surface area contributed by atoms with Crippen LogP contribution in [-0.4, -0.2) is 11.1 Å². The summed E-state index contributed by atoms with van der Waals surface area (Å²) in [6, 6.07) is 3.95. The second-order valence-corrected chi connectivity index (χ2v) is 8.00. The monoisotopic (exact) mass is 316 g/mol. The Bertz CT molecular complexity index is 588. The van der Waals surface area contributed by atoms with Crippen molar-refractivity contribution >= 4 is 5.97 Å². The molecule has 3 heteroatoms. The van der Waals surface area contributed by atoms with Crippen molar-refractivity contribution in [3.8, 4) is 0 Å². The van der Waals surface area contributed by atoms with Crippen LogP contribution in [0.5, 0.6) is 0 Å². The number of furan rings is 1. The number of aryl methyl sites for hydroxylation is 1. The minimum Gasteiger partial charge on any atom is -0.481 e. The maximum Gasteiger partial charge on any atom is 0.309 e. The molecule has 0 aliphatic heterocycles. The Morgan fingerprint density at radius 1 is 1.43 bits per heavy atom. The van der Waals surface area contributed by atoms with Gasteiger partial charge < -0.3 is 9.52 Å². The number of carbonyl (C=O) groups is 1. The van der Waals surface area contributed by atoms with Crippen molar-refractivity contribution in [3.05, 3.63) is 36.3 Å². The van der Waals surface area contributed by atoms with Gasteiger partial charge in [-0.05, 0) is 68.4 Å². The SMILES string of the molecule is C=C1CC[C@@H]2[C@](C)(CCC[C@]2(C)C(=O)O)[C@H]1CCc1ccco1. The molecule has 3 nitrogen and oxygen atoms in total. The molecule has 2 fully saturated rings. The van der Waals surface area contributed by atoms with Crippen LogP contribution < -0.4 is 0 Å². The van der Waals surface area contributed by atoms with Gasteiger partial charge in [0, 0.05) is 6.42 Å². The Morgan fingerprint density at radius 2 is 2.22 bits per heavy atom. The second kappa shape index (κ2) is 5.85. The summed E-state index contributed by atoms with van der Waals surface area (Å²) in [6.45, 7) is 8.63. The third-order valence-electron chi connectivity index (χ3n) is 6.77. The molecule has 126 valence electrons. The van der Waals surface area contributed by atoms with E-state index in [1.54, 1.807) is 6.26 Å². The van der Waals surface area contributed by atoms with Gasteiger partial charge in [-0.15, -0.1) is 0 Å². The van der Waals surface area contributed by atoms with Crippen molar-refractivity contribution in [3.63, 3.8) is 0 Å². The van der Waals surface area contributed by atoms with E-state index in [9.17, 15) is 9.90 Å². The first-order valence-corrected chi connectivity index (χ1v) is 8.81. The van der Waals surface area contributed by atoms with Crippen LogP contribution in [0.1, 0.15) is 58.1 Å². The molecule has 0 unspecified atom stereocenters. The first-order chi connectivity index (χ1) is 10.9. The average Bonchev–Trinajstić information content (AvgIpc) is 2.99. The summed E-state index contributed by atoms with van der Waals surface area (Å²) in [6.07, 6.45) is 8.49. The molecule has 23 heavy (non-hydrogen) atoms. The average molecular weight is 316 g/mol. The largest absolute Gasteiger partial charge is 0.481 e. The summed E-state index contributed by atoms with van der Waals surface area (Å²) in [5, 5.41) is 9.85. The highest BCUT2D eigenvalue weighted by atomic mass is 16.4. The van der Waals surface area contributed by atoms with Gasteiger partial charge in [-0.2, -0.15) is 0 Å². The predicted molar refractivity (Wildman–Crippen MR) is 90.1 cm³/mol. The molecule has 1 aromatic heterocycles. The number of carboxylic acid groups (broad SMARTS) is 1. The Balaban J connectivity index is 1.86. The molecule has 0 bridgehead atoms. The molecule has 1 heterocycles. The van der Waals surface area contributed by atoms with E-state index in [0.29, 0.717) is 5.92 Å². The lowest BCUT2D eigenvalue weighted by Gasteiger charge is -2.57.